The molecule has 0 aliphatic carbocycles. The van der Waals surface area contributed by atoms with E-state index in [9.17, 15) is 8.42 Å². The van der Waals surface area contributed by atoms with Crippen molar-refractivity contribution in [2.75, 3.05) is 0 Å². The lowest BCUT2D eigenvalue weighted by Crippen LogP contribution is -2.27. The van der Waals surface area contributed by atoms with Crippen LogP contribution in [0.1, 0.15) is 43.9 Å². The lowest BCUT2D eigenvalue weighted by Gasteiger charge is -2.15. The first-order chi connectivity index (χ1) is 9.40. The Morgan fingerprint density at radius 2 is 1.70 bits per heavy atom. The van der Waals surface area contributed by atoms with Gasteiger partial charge in [-0.05, 0) is 24.0 Å². The first kappa shape index (κ1) is 14.7. The van der Waals surface area contributed by atoms with E-state index in [1.807, 2.05) is 31.2 Å². The molecule has 0 radical (unpaired) electrons. The van der Waals surface area contributed by atoms with Crippen LogP contribution in [0.2, 0.25) is 0 Å². The van der Waals surface area contributed by atoms with Crippen molar-refractivity contribution >= 4 is 10.0 Å². The van der Waals surface area contributed by atoms with Gasteiger partial charge in [0.05, 0.1) is 12.5 Å². The van der Waals surface area contributed by atoms with Crippen molar-refractivity contribution in [3.05, 3.63) is 47.9 Å². The molecule has 0 saturated carbocycles. The van der Waals surface area contributed by atoms with Crippen LogP contribution in [-0.2, 0) is 10.0 Å². The lowest BCUT2D eigenvalue weighted by molar-refractivity contribution is 0.563. The normalized spacial score (nSPS) is 13.6. The van der Waals surface area contributed by atoms with Crippen molar-refractivity contribution in [2.45, 2.75) is 37.8 Å². The van der Waals surface area contributed by atoms with Crippen LogP contribution in [0.4, 0.5) is 0 Å². The van der Waals surface area contributed by atoms with Crippen molar-refractivity contribution < 1.29 is 8.42 Å². The van der Waals surface area contributed by atoms with Gasteiger partial charge in [0.15, 0.2) is 5.03 Å². The molecule has 1 unspecified atom stereocenters. The van der Waals surface area contributed by atoms with E-state index in [1.54, 1.807) is 0 Å². The molecule has 6 heteroatoms. The quantitative estimate of drug-likeness (QED) is 0.889. The summed E-state index contributed by atoms with van der Waals surface area (Å²) in [6, 6.07) is 7.66. The Morgan fingerprint density at radius 3 is 2.20 bits per heavy atom. The molecule has 0 saturated heterocycles. The predicted molar refractivity (Wildman–Crippen MR) is 77.9 cm³/mol. The maximum absolute atomic E-state index is 12.1. The molecule has 0 amide bonds. The monoisotopic (exact) mass is 293 g/mol. The van der Waals surface area contributed by atoms with E-state index in [0.29, 0.717) is 5.92 Å². The maximum Gasteiger partial charge on any atom is 0.258 e. The highest BCUT2D eigenvalue weighted by Crippen LogP contribution is 2.19. The molecular weight excluding hydrogens is 274 g/mol. The van der Waals surface area contributed by atoms with Gasteiger partial charge < -0.3 is 4.98 Å². The number of imidazole rings is 1. The molecule has 0 spiro atoms. The molecule has 0 aliphatic rings. The average Bonchev–Trinajstić information content (AvgIpc) is 2.93. The molecule has 5 nitrogen and oxygen atoms in total. The van der Waals surface area contributed by atoms with Gasteiger partial charge in [-0.1, -0.05) is 38.1 Å². The molecule has 1 aromatic carbocycles. The van der Waals surface area contributed by atoms with Crippen molar-refractivity contribution in [2.24, 2.45) is 0 Å². The summed E-state index contributed by atoms with van der Waals surface area (Å²) >= 11 is 0. The fraction of sp³-hybridized carbons (Fsp3) is 0.357. The molecule has 2 N–H and O–H groups in total. The highest BCUT2D eigenvalue weighted by molar-refractivity contribution is 7.89. The van der Waals surface area contributed by atoms with E-state index in [0.717, 1.165) is 5.56 Å². The molecule has 1 heterocycles. The van der Waals surface area contributed by atoms with Crippen LogP contribution >= 0.6 is 0 Å². The number of benzene rings is 1. The molecule has 0 bridgehead atoms. The Balaban J connectivity index is 2.14. The third kappa shape index (κ3) is 3.26. The first-order valence-electron chi connectivity index (χ1n) is 6.50. The van der Waals surface area contributed by atoms with Crippen molar-refractivity contribution in [1.82, 2.24) is 14.7 Å². The number of nitrogens with one attached hydrogen (secondary N) is 2. The number of hydrogen-bond acceptors (Lipinski definition) is 3. The van der Waals surface area contributed by atoms with Crippen LogP contribution in [-0.4, -0.2) is 18.4 Å². The first-order valence-corrected chi connectivity index (χ1v) is 7.99. The number of aromatic nitrogens is 2. The van der Waals surface area contributed by atoms with Gasteiger partial charge in [-0.2, -0.15) is 0 Å². The van der Waals surface area contributed by atoms with Gasteiger partial charge in [0, 0.05) is 6.04 Å². The summed E-state index contributed by atoms with van der Waals surface area (Å²) in [5.74, 6) is 0.459. The zero-order valence-electron chi connectivity index (χ0n) is 11.8. The highest BCUT2D eigenvalue weighted by atomic mass is 32.2. The van der Waals surface area contributed by atoms with E-state index < -0.39 is 10.0 Å². The molecule has 0 aliphatic heterocycles. The number of aromatic amines is 1. The Kier molecular flexibility index (Phi) is 4.25. The highest BCUT2D eigenvalue weighted by Gasteiger charge is 2.19. The zero-order chi connectivity index (χ0) is 14.8. The zero-order valence-corrected chi connectivity index (χ0v) is 12.6. The SMILES string of the molecule is CC(C)c1ccc(C(C)NS(=O)(=O)c2cnc[nH]2)cc1. The molecule has 2 rings (SSSR count). The molecule has 20 heavy (non-hydrogen) atoms. The van der Waals surface area contributed by atoms with E-state index >= 15 is 0 Å². The lowest BCUT2D eigenvalue weighted by atomic mass is 10.00. The summed E-state index contributed by atoms with van der Waals surface area (Å²) < 4.78 is 26.8. The molecular formula is C14H19N3O2S. The van der Waals surface area contributed by atoms with Gasteiger partial charge in [0.1, 0.15) is 0 Å². The molecule has 1 atom stereocenters. The minimum atomic E-state index is -3.56. The second kappa shape index (κ2) is 5.76. The summed E-state index contributed by atoms with van der Waals surface area (Å²) in [6.07, 6.45) is 2.63. The fourth-order valence-corrected chi connectivity index (χ4v) is 3.06. The third-order valence-corrected chi connectivity index (χ3v) is 4.66. The Bertz CT molecular complexity index is 646. The van der Waals surface area contributed by atoms with Crippen molar-refractivity contribution in [3.8, 4) is 0 Å². The van der Waals surface area contributed by atoms with E-state index in [1.165, 1.54) is 18.1 Å². The Labute approximate surface area is 119 Å². The van der Waals surface area contributed by atoms with Crippen molar-refractivity contribution in [1.29, 1.82) is 0 Å². The third-order valence-electron chi connectivity index (χ3n) is 3.20. The fourth-order valence-electron chi connectivity index (χ4n) is 1.92. The van der Waals surface area contributed by atoms with Crippen LogP contribution in [0.5, 0.6) is 0 Å². The van der Waals surface area contributed by atoms with Crippen LogP contribution in [0.15, 0.2) is 41.8 Å². The number of sulfonamides is 1. The van der Waals surface area contributed by atoms with E-state index in [4.69, 9.17) is 0 Å². The van der Waals surface area contributed by atoms with Gasteiger partial charge >= 0.3 is 0 Å². The summed E-state index contributed by atoms with van der Waals surface area (Å²) in [5.41, 5.74) is 2.16. The van der Waals surface area contributed by atoms with Crippen LogP contribution in [0.3, 0.4) is 0 Å². The van der Waals surface area contributed by atoms with E-state index in [2.05, 4.69) is 28.5 Å². The molecule has 2 aromatic rings. The van der Waals surface area contributed by atoms with Gasteiger partial charge in [-0.25, -0.2) is 18.1 Å². The smallest absolute Gasteiger partial charge is 0.258 e. The number of hydrogen-bond donors (Lipinski definition) is 2. The number of nitrogens with zero attached hydrogens (tertiary/aromatic N) is 1. The summed E-state index contributed by atoms with van der Waals surface area (Å²) in [6.45, 7) is 6.07. The Hall–Kier alpha value is -1.66. The standard InChI is InChI=1S/C14H19N3O2S/c1-10(2)12-4-6-13(7-5-12)11(3)17-20(18,19)14-8-15-9-16-14/h4-11,17H,1-3H3,(H,15,16). The second-order valence-electron chi connectivity index (χ2n) is 5.08. The van der Waals surface area contributed by atoms with Crippen LogP contribution in [0, 0.1) is 0 Å². The van der Waals surface area contributed by atoms with E-state index in [-0.39, 0.29) is 11.1 Å². The van der Waals surface area contributed by atoms with Gasteiger partial charge in [-0.15, -0.1) is 0 Å². The van der Waals surface area contributed by atoms with Crippen LogP contribution in [0.25, 0.3) is 0 Å². The number of H-pyrrole nitrogens is 1. The second-order valence-corrected chi connectivity index (χ2v) is 6.76. The van der Waals surface area contributed by atoms with Gasteiger partial charge in [0.25, 0.3) is 10.0 Å². The minimum absolute atomic E-state index is 0.0724. The van der Waals surface area contributed by atoms with Crippen molar-refractivity contribution in [3.63, 3.8) is 0 Å². The largest absolute Gasteiger partial charge is 0.335 e. The number of rotatable bonds is 5. The van der Waals surface area contributed by atoms with Crippen LogP contribution < -0.4 is 4.72 Å². The summed E-state index contributed by atoms with van der Waals surface area (Å²) in [7, 11) is -3.56. The Morgan fingerprint density at radius 1 is 1.10 bits per heavy atom. The minimum Gasteiger partial charge on any atom is -0.335 e. The topological polar surface area (TPSA) is 74.8 Å². The molecule has 0 fully saturated rings. The predicted octanol–water partition coefficient (Wildman–Crippen LogP) is 2.57. The van der Waals surface area contributed by atoms with Gasteiger partial charge in [-0.3, -0.25) is 0 Å². The summed E-state index contributed by atoms with van der Waals surface area (Å²) in [4.78, 5) is 6.32. The average molecular weight is 293 g/mol. The summed E-state index contributed by atoms with van der Waals surface area (Å²) in [5, 5.41) is 0.0724. The van der Waals surface area contributed by atoms with Gasteiger partial charge in [0.2, 0.25) is 0 Å². The molecule has 108 valence electrons. The maximum atomic E-state index is 12.1. The molecule has 1 aromatic heterocycles.